The lowest BCUT2D eigenvalue weighted by Gasteiger charge is -2.13. The molecule has 0 N–H and O–H groups in total. The molecule has 1 atom stereocenters. The fourth-order valence-corrected chi connectivity index (χ4v) is 2.24. The zero-order valence-electron chi connectivity index (χ0n) is 13.3. The Kier molecular flexibility index (Phi) is 7.40. The van der Waals surface area contributed by atoms with Gasteiger partial charge >= 0.3 is 0 Å². The van der Waals surface area contributed by atoms with Crippen LogP contribution in [0.3, 0.4) is 0 Å². The van der Waals surface area contributed by atoms with Gasteiger partial charge in [0.15, 0.2) is 0 Å². The third kappa shape index (κ3) is 6.23. The molecule has 0 radical (unpaired) electrons. The van der Waals surface area contributed by atoms with Gasteiger partial charge in [-0.3, -0.25) is 4.99 Å². The lowest BCUT2D eigenvalue weighted by molar-refractivity contribution is 0.0804. The molecule has 0 saturated heterocycles. The van der Waals surface area contributed by atoms with Crippen LogP contribution in [0.2, 0.25) is 0 Å². The van der Waals surface area contributed by atoms with E-state index in [0.29, 0.717) is 6.61 Å². The fourth-order valence-electron chi connectivity index (χ4n) is 2.24. The predicted molar refractivity (Wildman–Crippen MR) is 93.2 cm³/mol. The van der Waals surface area contributed by atoms with Gasteiger partial charge in [0, 0.05) is 6.21 Å². The van der Waals surface area contributed by atoms with E-state index in [9.17, 15) is 0 Å². The number of hydrogen-bond donors (Lipinski definition) is 0. The van der Waals surface area contributed by atoms with Crippen molar-refractivity contribution in [3.05, 3.63) is 71.8 Å². The van der Waals surface area contributed by atoms with E-state index in [-0.39, 0.29) is 6.10 Å². The molecule has 22 heavy (non-hydrogen) atoms. The summed E-state index contributed by atoms with van der Waals surface area (Å²) in [5.74, 6) is 0. The Morgan fingerprint density at radius 3 is 2.23 bits per heavy atom. The summed E-state index contributed by atoms with van der Waals surface area (Å²) in [6.07, 6.45) is 5.45. The highest BCUT2D eigenvalue weighted by Crippen LogP contribution is 2.09. The van der Waals surface area contributed by atoms with Crippen LogP contribution in [0.4, 0.5) is 0 Å². The van der Waals surface area contributed by atoms with Crippen LogP contribution in [-0.2, 0) is 17.9 Å². The van der Waals surface area contributed by atoms with Gasteiger partial charge in [-0.15, -0.1) is 0 Å². The summed E-state index contributed by atoms with van der Waals surface area (Å²) in [5.41, 5.74) is 2.44. The van der Waals surface area contributed by atoms with Crippen molar-refractivity contribution in [1.82, 2.24) is 0 Å². The molecule has 0 fully saturated rings. The van der Waals surface area contributed by atoms with Gasteiger partial charge in [-0.1, -0.05) is 80.4 Å². The van der Waals surface area contributed by atoms with Crippen molar-refractivity contribution in [2.24, 2.45) is 4.99 Å². The molecule has 0 amide bonds. The number of hydrogen-bond acceptors (Lipinski definition) is 2. The quantitative estimate of drug-likeness (QED) is 0.594. The molecular weight excluding hydrogens is 270 g/mol. The Morgan fingerprint density at radius 1 is 0.955 bits per heavy atom. The summed E-state index contributed by atoms with van der Waals surface area (Å²) in [6, 6.07) is 20.6. The third-order valence-corrected chi connectivity index (χ3v) is 3.54. The van der Waals surface area contributed by atoms with Crippen LogP contribution in [0.15, 0.2) is 65.7 Å². The van der Waals surface area contributed by atoms with Crippen molar-refractivity contribution in [3.63, 3.8) is 0 Å². The molecular formula is C20H25NO. The normalized spacial score (nSPS) is 12.6. The molecule has 1 unspecified atom stereocenters. The van der Waals surface area contributed by atoms with E-state index in [1.54, 1.807) is 0 Å². The summed E-state index contributed by atoms with van der Waals surface area (Å²) in [6.45, 7) is 3.57. The average molecular weight is 295 g/mol. The van der Waals surface area contributed by atoms with Crippen molar-refractivity contribution in [3.8, 4) is 0 Å². The second kappa shape index (κ2) is 9.91. The highest BCUT2D eigenvalue weighted by atomic mass is 16.5. The van der Waals surface area contributed by atoms with Crippen LogP contribution in [0.1, 0.15) is 37.3 Å². The van der Waals surface area contributed by atoms with Crippen molar-refractivity contribution in [1.29, 1.82) is 0 Å². The summed E-state index contributed by atoms with van der Waals surface area (Å²) in [4.78, 5) is 4.56. The first-order valence-corrected chi connectivity index (χ1v) is 8.08. The second-order valence-corrected chi connectivity index (χ2v) is 5.45. The number of aliphatic imine (C=N–C) groups is 1. The van der Waals surface area contributed by atoms with E-state index in [4.69, 9.17) is 4.74 Å². The summed E-state index contributed by atoms with van der Waals surface area (Å²) in [7, 11) is 0. The molecule has 2 aromatic rings. The summed E-state index contributed by atoms with van der Waals surface area (Å²) < 4.78 is 6.02. The van der Waals surface area contributed by atoms with Gasteiger partial charge in [0.1, 0.15) is 0 Å². The summed E-state index contributed by atoms with van der Waals surface area (Å²) in [5, 5.41) is 0. The molecule has 0 bridgehead atoms. The highest BCUT2D eigenvalue weighted by molar-refractivity contribution is 5.63. The number of nitrogens with zero attached hydrogens (tertiary/aromatic N) is 1. The maximum absolute atomic E-state index is 6.02. The molecule has 0 aliphatic carbocycles. The lowest BCUT2D eigenvalue weighted by atomic mass is 10.1. The third-order valence-electron chi connectivity index (χ3n) is 3.54. The highest BCUT2D eigenvalue weighted by Gasteiger charge is 2.06. The molecule has 0 aliphatic heterocycles. The first-order valence-electron chi connectivity index (χ1n) is 8.08. The number of rotatable bonds is 9. The molecule has 2 rings (SSSR count). The van der Waals surface area contributed by atoms with Crippen LogP contribution >= 0.6 is 0 Å². The van der Waals surface area contributed by atoms with E-state index in [1.165, 1.54) is 17.5 Å². The van der Waals surface area contributed by atoms with Crippen LogP contribution in [0.25, 0.3) is 0 Å². The van der Waals surface area contributed by atoms with E-state index < -0.39 is 0 Å². The molecule has 2 nitrogen and oxygen atoms in total. The van der Waals surface area contributed by atoms with Crippen LogP contribution in [-0.4, -0.2) is 12.3 Å². The maximum Gasteiger partial charge on any atom is 0.0926 e. The van der Waals surface area contributed by atoms with E-state index >= 15 is 0 Å². The van der Waals surface area contributed by atoms with E-state index in [1.807, 2.05) is 42.6 Å². The van der Waals surface area contributed by atoms with Gasteiger partial charge in [-0.05, 0) is 17.5 Å². The van der Waals surface area contributed by atoms with Gasteiger partial charge in [0.25, 0.3) is 0 Å². The van der Waals surface area contributed by atoms with Crippen molar-refractivity contribution in [2.45, 2.75) is 45.4 Å². The first-order chi connectivity index (χ1) is 10.9. The Hall–Kier alpha value is -1.93. The predicted octanol–water partition coefficient (Wildman–Crippen LogP) is 5.03. The second-order valence-electron chi connectivity index (χ2n) is 5.45. The monoisotopic (exact) mass is 295 g/mol. The minimum absolute atomic E-state index is 0.101. The lowest BCUT2D eigenvalue weighted by Crippen LogP contribution is -2.14. The number of ether oxygens (including phenoxy) is 1. The van der Waals surface area contributed by atoms with Gasteiger partial charge in [-0.25, -0.2) is 0 Å². The molecule has 0 aromatic heterocycles. The van der Waals surface area contributed by atoms with Crippen LogP contribution in [0.5, 0.6) is 0 Å². The molecule has 116 valence electrons. The minimum atomic E-state index is 0.101. The van der Waals surface area contributed by atoms with E-state index in [0.717, 1.165) is 19.4 Å². The van der Waals surface area contributed by atoms with Gasteiger partial charge in [0.2, 0.25) is 0 Å². The SMILES string of the molecule is CCCCC(C=NCc1ccccc1)OCc1ccccc1. The van der Waals surface area contributed by atoms with Gasteiger partial charge in [0.05, 0.1) is 19.3 Å². The first kappa shape index (κ1) is 16.4. The maximum atomic E-state index is 6.02. The molecule has 0 saturated carbocycles. The Morgan fingerprint density at radius 2 is 1.59 bits per heavy atom. The molecule has 2 heteroatoms. The number of benzene rings is 2. The van der Waals surface area contributed by atoms with E-state index in [2.05, 4.69) is 36.2 Å². The van der Waals surface area contributed by atoms with Crippen LogP contribution < -0.4 is 0 Å². The Bertz CT molecular complexity index is 536. The zero-order valence-corrected chi connectivity index (χ0v) is 13.3. The Labute approximate surface area is 133 Å². The average Bonchev–Trinajstić information content (AvgIpc) is 2.58. The summed E-state index contributed by atoms with van der Waals surface area (Å²) >= 11 is 0. The largest absolute Gasteiger partial charge is 0.368 e. The molecule has 0 aliphatic rings. The smallest absolute Gasteiger partial charge is 0.0926 e. The van der Waals surface area contributed by atoms with Crippen molar-refractivity contribution in [2.75, 3.05) is 0 Å². The molecule has 0 heterocycles. The fraction of sp³-hybridized carbons (Fsp3) is 0.350. The minimum Gasteiger partial charge on any atom is -0.368 e. The molecule has 2 aromatic carbocycles. The van der Waals surface area contributed by atoms with Crippen molar-refractivity contribution < 1.29 is 4.74 Å². The van der Waals surface area contributed by atoms with Crippen LogP contribution in [0, 0.1) is 0 Å². The topological polar surface area (TPSA) is 21.6 Å². The molecule has 0 spiro atoms. The Balaban J connectivity index is 1.85. The standard InChI is InChI=1S/C20H25NO/c1-2-3-14-20(22-17-19-12-8-5-9-13-19)16-21-15-18-10-6-4-7-11-18/h4-13,16,20H,2-3,14-15,17H2,1H3. The zero-order chi connectivity index (χ0) is 15.5. The van der Waals surface area contributed by atoms with Crippen molar-refractivity contribution >= 4 is 6.21 Å². The van der Waals surface area contributed by atoms with Gasteiger partial charge in [-0.2, -0.15) is 0 Å². The number of unbranched alkanes of at least 4 members (excludes halogenated alkanes) is 1. The van der Waals surface area contributed by atoms with Gasteiger partial charge < -0.3 is 4.74 Å².